The number of urea groups is 1. The van der Waals surface area contributed by atoms with E-state index in [1.165, 1.54) is 19.3 Å². The Hall–Kier alpha value is -1.95. The number of carbonyl (C=O) groups excluding carboxylic acids is 2. The van der Waals surface area contributed by atoms with Crippen molar-refractivity contribution < 1.29 is 9.59 Å². The molecule has 4 saturated carbocycles. The first-order valence-electron chi connectivity index (χ1n) is 9.72. The molecule has 4 aliphatic rings. The van der Waals surface area contributed by atoms with Gasteiger partial charge >= 0.3 is 6.03 Å². The molecule has 4 bridgehead atoms. The van der Waals surface area contributed by atoms with E-state index in [0.29, 0.717) is 17.9 Å². The minimum Gasteiger partial charge on any atom is -0.397 e. The predicted molar refractivity (Wildman–Crippen MR) is 109 cm³/mol. The number of nitrogens with two attached hydrogens (primary N) is 1. The largest absolute Gasteiger partial charge is 0.397 e. The van der Waals surface area contributed by atoms with E-state index in [0.717, 1.165) is 37.0 Å². The number of nitrogen functional groups attached to an aromatic ring is 1. The van der Waals surface area contributed by atoms with Gasteiger partial charge in [-0.15, -0.1) is 12.4 Å². The molecule has 0 atom stereocenters. The summed E-state index contributed by atoms with van der Waals surface area (Å²) in [4.78, 5) is 24.4. The number of para-hydroxylation sites is 2. The fourth-order valence-corrected chi connectivity index (χ4v) is 5.66. The van der Waals surface area contributed by atoms with Gasteiger partial charge in [-0.2, -0.15) is 0 Å². The van der Waals surface area contributed by atoms with Crippen molar-refractivity contribution in [2.75, 3.05) is 17.6 Å². The number of hydrogen-bond donors (Lipinski definition) is 4. The van der Waals surface area contributed by atoms with E-state index in [2.05, 4.69) is 16.0 Å². The van der Waals surface area contributed by atoms with Crippen LogP contribution in [-0.2, 0) is 4.79 Å². The highest BCUT2D eigenvalue weighted by molar-refractivity contribution is 5.94. The van der Waals surface area contributed by atoms with Crippen LogP contribution in [0.5, 0.6) is 0 Å². The second-order valence-electron chi connectivity index (χ2n) is 8.46. The van der Waals surface area contributed by atoms with Crippen LogP contribution < -0.4 is 21.7 Å². The summed E-state index contributed by atoms with van der Waals surface area (Å²) >= 11 is 0. The van der Waals surface area contributed by atoms with Crippen LogP contribution >= 0.6 is 12.4 Å². The van der Waals surface area contributed by atoms with E-state index < -0.39 is 0 Å². The molecule has 1 aromatic carbocycles. The Morgan fingerprint density at radius 1 is 1.04 bits per heavy atom. The number of amides is 3. The summed E-state index contributed by atoms with van der Waals surface area (Å²) in [7, 11) is 0. The van der Waals surface area contributed by atoms with Crippen molar-refractivity contribution in [2.45, 2.75) is 50.5 Å². The van der Waals surface area contributed by atoms with Gasteiger partial charge in [0.15, 0.2) is 0 Å². The van der Waals surface area contributed by atoms with E-state index in [4.69, 9.17) is 5.73 Å². The van der Waals surface area contributed by atoms with Gasteiger partial charge in [0, 0.05) is 18.5 Å². The van der Waals surface area contributed by atoms with Gasteiger partial charge in [-0.1, -0.05) is 12.1 Å². The number of nitrogens with one attached hydrogen (secondary N) is 3. The fourth-order valence-electron chi connectivity index (χ4n) is 5.66. The third-order valence-electron chi connectivity index (χ3n) is 6.29. The van der Waals surface area contributed by atoms with Crippen LogP contribution in [0.2, 0.25) is 0 Å². The standard InChI is InChI=1S/C20H28N4O2.ClH/c21-16-3-1-2-4-17(16)23-18(25)5-6-22-19(26)24-20-10-13-7-14(11-20)9-15(8-13)12-20;/h1-4,13-15H,5-12,21H2,(H,23,25)(H2,22,24,26);1H. The Kier molecular flexibility index (Phi) is 5.84. The van der Waals surface area contributed by atoms with Gasteiger partial charge in [0.2, 0.25) is 5.91 Å². The number of anilines is 2. The van der Waals surface area contributed by atoms with Crippen molar-refractivity contribution in [3.8, 4) is 0 Å². The summed E-state index contributed by atoms with van der Waals surface area (Å²) in [6.07, 6.45) is 7.66. The Labute approximate surface area is 166 Å². The summed E-state index contributed by atoms with van der Waals surface area (Å²) in [6.45, 7) is 0.316. The number of carbonyl (C=O) groups is 2. The smallest absolute Gasteiger partial charge is 0.315 e. The van der Waals surface area contributed by atoms with Gasteiger partial charge in [0.05, 0.1) is 11.4 Å². The lowest BCUT2D eigenvalue weighted by Crippen LogP contribution is -2.61. The molecule has 1 aromatic rings. The third-order valence-corrected chi connectivity index (χ3v) is 6.29. The molecule has 3 amide bonds. The molecule has 5 rings (SSSR count). The van der Waals surface area contributed by atoms with Crippen LogP contribution in [0, 0.1) is 17.8 Å². The quantitative estimate of drug-likeness (QED) is 0.579. The fraction of sp³-hybridized carbons (Fsp3) is 0.600. The molecule has 0 heterocycles. The number of benzene rings is 1. The second kappa shape index (κ2) is 7.97. The van der Waals surface area contributed by atoms with Crippen molar-refractivity contribution >= 4 is 35.7 Å². The van der Waals surface area contributed by atoms with Crippen LogP contribution in [0.4, 0.5) is 16.2 Å². The lowest BCUT2D eigenvalue weighted by atomic mass is 9.53. The molecule has 27 heavy (non-hydrogen) atoms. The Morgan fingerprint density at radius 2 is 1.63 bits per heavy atom. The van der Waals surface area contributed by atoms with Crippen molar-refractivity contribution in [3.63, 3.8) is 0 Å². The Bertz CT molecular complexity index is 674. The summed E-state index contributed by atoms with van der Waals surface area (Å²) in [5.74, 6) is 2.23. The van der Waals surface area contributed by atoms with E-state index in [1.54, 1.807) is 12.1 Å². The molecule has 4 fully saturated rings. The van der Waals surface area contributed by atoms with Crippen LogP contribution in [0.3, 0.4) is 0 Å². The highest BCUT2D eigenvalue weighted by atomic mass is 35.5. The number of halogens is 1. The highest BCUT2D eigenvalue weighted by Crippen LogP contribution is 2.55. The second-order valence-corrected chi connectivity index (χ2v) is 8.46. The first kappa shape index (κ1) is 19.8. The molecular weight excluding hydrogens is 364 g/mol. The van der Waals surface area contributed by atoms with Crippen molar-refractivity contribution in [1.29, 1.82) is 0 Å². The minimum absolute atomic E-state index is 0. The van der Waals surface area contributed by atoms with Crippen LogP contribution in [0.25, 0.3) is 0 Å². The average Bonchev–Trinajstić information content (AvgIpc) is 2.55. The lowest BCUT2D eigenvalue weighted by Gasteiger charge is -2.56. The van der Waals surface area contributed by atoms with Gasteiger partial charge in [-0.25, -0.2) is 4.79 Å². The molecule has 7 heteroatoms. The van der Waals surface area contributed by atoms with E-state index in [-0.39, 0.29) is 36.3 Å². The average molecular weight is 393 g/mol. The first-order valence-corrected chi connectivity index (χ1v) is 9.72. The van der Waals surface area contributed by atoms with Gasteiger partial charge in [0.25, 0.3) is 0 Å². The summed E-state index contributed by atoms with van der Waals surface area (Å²) in [6, 6.07) is 7.01. The molecule has 148 valence electrons. The number of rotatable bonds is 5. The minimum atomic E-state index is -0.155. The van der Waals surface area contributed by atoms with E-state index >= 15 is 0 Å². The molecule has 4 aliphatic carbocycles. The normalized spacial score (nSPS) is 30.3. The number of hydrogen-bond acceptors (Lipinski definition) is 3. The third kappa shape index (κ3) is 4.49. The van der Waals surface area contributed by atoms with Crippen molar-refractivity contribution in [2.24, 2.45) is 17.8 Å². The zero-order chi connectivity index (χ0) is 18.1. The Morgan fingerprint density at radius 3 is 2.22 bits per heavy atom. The first-order chi connectivity index (χ1) is 12.5. The summed E-state index contributed by atoms with van der Waals surface area (Å²) < 4.78 is 0. The molecule has 0 radical (unpaired) electrons. The SMILES string of the molecule is Cl.Nc1ccccc1NC(=O)CCNC(=O)NC12CC3CC(CC(C3)C1)C2. The van der Waals surface area contributed by atoms with Crippen LogP contribution in [0.1, 0.15) is 44.9 Å². The summed E-state index contributed by atoms with van der Waals surface area (Å²) in [5, 5.41) is 8.88. The molecule has 0 aliphatic heterocycles. The van der Waals surface area contributed by atoms with E-state index in [1.807, 2.05) is 12.1 Å². The molecule has 6 nitrogen and oxygen atoms in total. The van der Waals surface area contributed by atoms with Gasteiger partial charge in [-0.3, -0.25) is 4.79 Å². The Balaban J connectivity index is 0.00000210. The van der Waals surface area contributed by atoms with Crippen LogP contribution in [0.15, 0.2) is 24.3 Å². The zero-order valence-corrected chi connectivity index (χ0v) is 16.3. The summed E-state index contributed by atoms with van der Waals surface area (Å²) in [5.41, 5.74) is 6.96. The molecule has 0 saturated heterocycles. The monoisotopic (exact) mass is 392 g/mol. The van der Waals surface area contributed by atoms with E-state index in [9.17, 15) is 9.59 Å². The maximum atomic E-state index is 12.3. The van der Waals surface area contributed by atoms with Gasteiger partial charge < -0.3 is 21.7 Å². The van der Waals surface area contributed by atoms with Gasteiger partial charge in [-0.05, 0) is 68.4 Å². The van der Waals surface area contributed by atoms with Crippen molar-refractivity contribution in [3.05, 3.63) is 24.3 Å². The highest BCUT2D eigenvalue weighted by Gasteiger charge is 2.51. The molecular formula is C20H29ClN4O2. The maximum absolute atomic E-state index is 12.3. The molecule has 0 aromatic heterocycles. The zero-order valence-electron chi connectivity index (χ0n) is 15.5. The maximum Gasteiger partial charge on any atom is 0.315 e. The van der Waals surface area contributed by atoms with Crippen LogP contribution in [-0.4, -0.2) is 24.0 Å². The topological polar surface area (TPSA) is 96.2 Å². The van der Waals surface area contributed by atoms with Crippen molar-refractivity contribution in [1.82, 2.24) is 10.6 Å². The predicted octanol–water partition coefficient (Wildman–Crippen LogP) is 3.29. The molecule has 0 unspecified atom stereocenters. The van der Waals surface area contributed by atoms with Gasteiger partial charge in [0.1, 0.15) is 0 Å². The molecule has 5 N–H and O–H groups in total. The molecule has 0 spiro atoms. The lowest BCUT2D eigenvalue weighted by molar-refractivity contribution is -0.116.